The van der Waals surface area contributed by atoms with Crippen molar-refractivity contribution in [2.75, 3.05) is 19.6 Å². The Kier molecular flexibility index (Phi) is 4.25. The van der Waals surface area contributed by atoms with Crippen LogP contribution >= 0.6 is 0 Å². The molecule has 0 saturated carbocycles. The average molecular weight is 415 g/mol. The number of hydrazine groups is 1. The van der Waals surface area contributed by atoms with E-state index in [4.69, 9.17) is 4.55 Å². The lowest BCUT2D eigenvalue weighted by atomic mass is 9.97. The van der Waals surface area contributed by atoms with Gasteiger partial charge in [-0.3, -0.25) is 29.7 Å². The molecule has 2 fully saturated rings. The number of aromatic nitrogens is 2. The second-order valence-electron chi connectivity index (χ2n) is 6.62. The predicted molar refractivity (Wildman–Crippen MR) is 87.9 cm³/mol. The van der Waals surface area contributed by atoms with E-state index >= 15 is 0 Å². The van der Waals surface area contributed by atoms with Gasteiger partial charge in [-0.2, -0.15) is 18.6 Å². The first-order valence-electron chi connectivity index (χ1n) is 8.26. The number of rotatable bonds is 4. The average Bonchev–Trinajstić information content (AvgIpc) is 3.06. The van der Waals surface area contributed by atoms with Crippen molar-refractivity contribution in [3.8, 4) is 0 Å². The van der Waals surface area contributed by atoms with Crippen LogP contribution in [0.15, 0.2) is 6.20 Å². The smallest absolute Gasteiger partial charge is 0.315 e. The van der Waals surface area contributed by atoms with Crippen molar-refractivity contribution in [1.82, 2.24) is 35.9 Å². The third-order valence-corrected chi connectivity index (χ3v) is 5.26. The molecule has 2 saturated heterocycles. The highest BCUT2D eigenvalue weighted by molar-refractivity contribution is 7.80. The van der Waals surface area contributed by atoms with Crippen LogP contribution in [0.25, 0.3) is 0 Å². The molecule has 152 valence electrons. The fourth-order valence-electron chi connectivity index (χ4n) is 3.46. The molecule has 2 atom stereocenters. The number of hydrogen-bond donors (Lipinski definition) is 4. The van der Waals surface area contributed by atoms with E-state index in [9.17, 15) is 22.8 Å². The number of nitrogens with zero attached hydrogens (tertiary/aromatic N) is 4. The molecular formula is C13H17N7O7S. The van der Waals surface area contributed by atoms with Gasteiger partial charge >= 0.3 is 16.4 Å². The van der Waals surface area contributed by atoms with Crippen LogP contribution in [0.2, 0.25) is 0 Å². The maximum Gasteiger partial charge on any atom is 0.418 e. The second-order valence-corrected chi connectivity index (χ2v) is 7.63. The van der Waals surface area contributed by atoms with Gasteiger partial charge in [0.1, 0.15) is 6.04 Å². The SMILES string of the molecule is Cn1ncc2c1[C@@H](C(=O)NNC(=O)C1CNC1)N1C[C@@H]2N(OS(=O)(=O)O)C1=O. The second kappa shape index (κ2) is 6.40. The highest BCUT2D eigenvalue weighted by Crippen LogP contribution is 2.43. The van der Waals surface area contributed by atoms with E-state index < -0.39 is 34.4 Å². The summed E-state index contributed by atoms with van der Waals surface area (Å²) < 4.78 is 36.9. The fraction of sp³-hybridized carbons (Fsp3) is 0.538. The summed E-state index contributed by atoms with van der Waals surface area (Å²) in [6.07, 6.45) is 1.38. The Balaban J connectivity index is 1.60. The topological polar surface area (TPSA) is 175 Å². The maximum atomic E-state index is 12.8. The minimum atomic E-state index is -4.95. The molecule has 4 rings (SSSR count). The van der Waals surface area contributed by atoms with Gasteiger partial charge in [0.15, 0.2) is 6.04 Å². The molecular weight excluding hydrogens is 398 g/mol. The highest BCUT2D eigenvalue weighted by Gasteiger charge is 2.53. The van der Waals surface area contributed by atoms with E-state index in [1.807, 2.05) is 0 Å². The Morgan fingerprint density at radius 3 is 2.61 bits per heavy atom. The third kappa shape index (κ3) is 2.97. The van der Waals surface area contributed by atoms with Gasteiger partial charge in [-0.1, -0.05) is 0 Å². The van der Waals surface area contributed by atoms with Gasteiger partial charge in [-0.25, -0.2) is 4.79 Å². The minimum Gasteiger partial charge on any atom is -0.315 e. The lowest BCUT2D eigenvalue weighted by Gasteiger charge is -2.31. The summed E-state index contributed by atoms with van der Waals surface area (Å²) in [7, 11) is -3.39. The first-order chi connectivity index (χ1) is 13.2. The van der Waals surface area contributed by atoms with E-state index in [0.29, 0.717) is 29.4 Å². The Morgan fingerprint density at radius 1 is 1.32 bits per heavy atom. The number of amides is 4. The molecule has 0 unspecified atom stereocenters. The van der Waals surface area contributed by atoms with Crippen LogP contribution in [-0.4, -0.2) is 70.2 Å². The summed E-state index contributed by atoms with van der Waals surface area (Å²) in [5.74, 6) is -1.32. The Hall–Kier alpha value is -2.75. The summed E-state index contributed by atoms with van der Waals surface area (Å²) in [4.78, 5) is 38.4. The number of carbonyl (C=O) groups excluding carboxylic acids is 3. The summed E-state index contributed by atoms with van der Waals surface area (Å²) in [5.41, 5.74) is 5.35. The van der Waals surface area contributed by atoms with Crippen molar-refractivity contribution in [3.05, 3.63) is 17.5 Å². The lowest BCUT2D eigenvalue weighted by molar-refractivity contribution is -0.134. The van der Waals surface area contributed by atoms with Gasteiger partial charge in [-0.05, 0) is 0 Å². The maximum absolute atomic E-state index is 12.8. The molecule has 0 radical (unpaired) electrons. The highest BCUT2D eigenvalue weighted by atomic mass is 32.3. The van der Waals surface area contributed by atoms with Crippen molar-refractivity contribution in [1.29, 1.82) is 0 Å². The molecule has 2 bridgehead atoms. The van der Waals surface area contributed by atoms with E-state index in [-0.39, 0.29) is 18.4 Å². The molecule has 4 amide bonds. The quantitative estimate of drug-likeness (QED) is 0.302. The van der Waals surface area contributed by atoms with Gasteiger partial charge in [0.05, 0.1) is 24.4 Å². The molecule has 0 aromatic carbocycles. The van der Waals surface area contributed by atoms with Crippen LogP contribution in [0.3, 0.4) is 0 Å². The molecule has 4 heterocycles. The van der Waals surface area contributed by atoms with Crippen molar-refractivity contribution in [2.45, 2.75) is 12.1 Å². The molecule has 0 aliphatic carbocycles. The largest absolute Gasteiger partial charge is 0.418 e. The molecule has 14 nitrogen and oxygen atoms in total. The van der Waals surface area contributed by atoms with Gasteiger partial charge in [-0.15, -0.1) is 4.28 Å². The van der Waals surface area contributed by atoms with Crippen molar-refractivity contribution >= 4 is 28.2 Å². The zero-order valence-corrected chi connectivity index (χ0v) is 15.3. The van der Waals surface area contributed by atoms with Crippen LogP contribution in [0.4, 0.5) is 4.79 Å². The van der Waals surface area contributed by atoms with Gasteiger partial charge in [0.2, 0.25) is 5.91 Å². The zero-order valence-electron chi connectivity index (χ0n) is 14.5. The summed E-state index contributed by atoms with van der Waals surface area (Å²) >= 11 is 0. The number of hydroxylamine groups is 2. The minimum absolute atomic E-state index is 0.0639. The van der Waals surface area contributed by atoms with E-state index in [1.165, 1.54) is 10.9 Å². The van der Waals surface area contributed by atoms with E-state index in [1.54, 1.807) is 7.05 Å². The van der Waals surface area contributed by atoms with E-state index in [0.717, 1.165) is 4.90 Å². The fourth-order valence-corrected chi connectivity index (χ4v) is 3.83. The predicted octanol–water partition coefficient (Wildman–Crippen LogP) is -2.65. The first kappa shape index (κ1) is 18.6. The van der Waals surface area contributed by atoms with Crippen LogP contribution in [0.5, 0.6) is 0 Å². The molecule has 3 aliphatic heterocycles. The monoisotopic (exact) mass is 415 g/mol. The molecule has 28 heavy (non-hydrogen) atoms. The van der Waals surface area contributed by atoms with Crippen molar-refractivity contribution in [2.24, 2.45) is 13.0 Å². The number of urea groups is 1. The van der Waals surface area contributed by atoms with Crippen molar-refractivity contribution < 1.29 is 31.6 Å². The summed E-state index contributed by atoms with van der Waals surface area (Å²) in [6, 6.07) is -2.98. The number of carbonyl (C=O) groups is 3. The standard InChI is InChI=1S/C13H17N7O7S/c1-18-9-7(4-15-18)8-5-19(13(23)20(8)27-28(24,25)26)10(9)12(22)17-16-11(21)6-2-14-3-6/h4,6,8,10,14H,2-3,5H2,1H3,(H,16,21)(H,17,22)(H,24,25,26)/t8-,10-/m0/s1. The van der Waals surface area contributed by atoms with Crippen LogP contribution in [0, 0.1) is 5.92 Å². The molecule has 15 heteroatoms. The number of hydrogen-bond acceptors (Lipinski definition) is 8. The van der Waals surface area contributed by atoms with Crippen LogP contribution in [0.1, 0.15) is 23.3 Å². The number of nitrogens with one attached hydrogen (secondary N) is 3. The summed E-state index contributed by atoms with van der Waals surface area (Å²) in [5, 5.41) is 7.48. The van der Waals surface area contributed by atoms with Crippen molar-refractivity contribution in [3.63, 3.8) is 0 Å². The number of fused-ring (bicyclic) bond motifs is 4. The third-order valence-electron chi connectivity index (χ3n) is 4.92. The molecule has 4 N–H and O–H groups in total. The molecule has 0 spiro atoms. The van der Waals surface area contributed by atoms with Gasteiger partial charge < -0.3 is 10.2 Å². The zero-order chi connectivity index (χ0) is 20.2. The molecule has 1 aromatic heterocycles. The van der Waals surface area contributed by atoms with Gasteiger partial charge in [0.25, 0.3) is 5.91 Å². The summed E-state index contributed by atoms with van der Waals surface area (Å²) in [6.45, 7) is 0.947. The van der Waals surface area contributed by atoms with Gasteiger partial charge in [0, 0.05) is 25.7 Å². The van der Waals surface area contributed by atoms with Crippen LogP contribution < -0.4 is 16.2 Å². The molecule has 3 aliphatic rings. The first-order valence-corrected chi connectivity index (χ1v) is 9.63. The number of aryl methyl sites for hydroxylation is 1. The lowest BCUT2D eigenvalue weighted by Crippen LogP contribution is -2.56. The Labute approximate surface area is 158 Å². The Bertz CT molecular complexity index is 956. The Morgan fingerprint density at radius 2 is 2.00 bits per heavy atom. The van der Waals surface area contributed by atoms with Crippen LogP contribution in [-0.2, 0) is 31.3 Å². The van der Waals surface area contributed by atoms with E-state index in [2.05, 4.69) is 25.6 Å². The normalized spacial score (nSPS) is 24.0. The molecule has 1 aromatic rings.